The van der Waals surface area contributed by atoms with Crippen LogP contribution >= 0.6 is 22.7 Å². The van der Waals surface area contributed by atoms with E-state index in [4.69, 9.17) is 0 Å². The van der Waals surface area contributed by atoms with Gasteiger partial charge in [0.25, 0.3) is 0 Å². The summed E-state index contributed by atoms with van der Waals surface area (Å²) < 4.78 is 2.17. The van der Waals surface area contributed by atoms with Gasteiger partial charge in [0.2, 0.25) is 0 Å². The largest absolute Gasteiger partial charge is 0.377 e. The number of pyridine rings is 1. The van der Waals surface area contributed by atoms with Crippen LogP contribution in [-0.4, -0.2) is 28.6 Å². The number of hydrogen-bond donors (Lipinski definition) is 0. The Bertz CT molecular complexity index is 1030. The third kappa shape index (κ3) is 1.84. The standard InChI is InChI=1S/C14H11N5OS2/c1-18(2)8-3-4-15-12-9(8)10-11(22-12)13(20)19(7-17-10)14-16-5-6-21-14/h3-7H,1-2H3/p+1. The zero-order chi connectivity index (χ0) is 15.3. The molecule has 0 atom stereocenters. The van der Waals surface area contributed by atoms with E-state index in [1.54, 1.807) is 18.7 Å². The Balaban J connectivity index is 2.11. The van der Waals surface area contributed by atoms with Crippen LogP contribution in [0.15, 0.2) is 35.0 Å². The van der Waals surface area contributed by atoms with Crippen LogP contribution < -0.4 is 15.4 Å². The molecule has 4 heterocycles. The molecule has 0 unspecified atom stereocenters. The molecule has 0 fully saturated rings. The van der Waals surface area contributed by atoms with Gasteiger partial charge in [-0.05, 0) is 6.07 Å². The molecular weight excluding hydrogens is 318 g/mol. The second-order valence-corrected chi connectivity index (χ2v) is 6.87. The van der Waals surface area contributed by atoms with Crippen molar-refractivity contribution in [3.05, 3.63) is 40.5 Å². The van der Waals surface area contributed by atoms with Crippen molar-refractivity contribution in [3.63, 3.8) is 0 Å². The molecule has 0 aromatic carbocycles. The topological polar surface area (TPSA) is 65.2 Å². The van der Waals surface area contributed by atoms with Crippen molar-refractivity contribution in [2.75, 3.05) is 19.0 Å². The molecule has 0 radical (unpaired) electrons. The lowest BCUT2D eigenvalue weighted by molar-refractivity contribution is -0.366. The molecule has 6 nitrogen and oxygen atoms in total. The lowest BCUT2D eigenvalue weighted by Gasteiger charge is -2.12. The van der Waals surface area contributed by atoms with Crippen LogP contribution in [0.2, 0.25) is 0 Å². The monoisotopic (exact) mass is 330 g/mol. The first-order valence-electron chi connectivity index (χ1n) is 6.58. The van der Waals surface area contributed by atoms with Crippen LogP contribution in [0.5, 0.6) is 0 Å². The van der Waals surface area contributed by atoms with Gasteiger partial charge in [-0.3, -0.25) is 0 Å². The van der Waals surface area contributed by atoms with Crippen LogP contribution in [0, 0.1) is 0 Å². The normalized spacial score (nSPS) is 11.4. The van der Waals surface area contributed by atoms with Crippen molar-refractivity contribution < 1.29 is 4.98 Å². The molecule has 0 amide bonds. The van der Waals surface area contributed by atoms with Crippen molar-refractivity contribution in [1.82, 2.24) is 14.5 Å². The van der Waals surface area contributed by atoms with E-state index in [-0.39, 0.29) is 5.56 Å². The molecule has 8 heteroatoms. The fourth-order valence-electron chi connectivity index (χ4n) is 2.42. The van der Waals surface area contributed by atoms with E-state index in [1.807, 2.05) is 30.4 Å². The second-order valence-electron chi connectivity index (χ2n) is 4.97. The molecule has 4 aromatic heterocycles. The highest BCUT2D eigenvalue weighted by Crippen LogP contribution is 2.35. The van der Waals surface area contributed by atoms with Gasteiger partial charge in [-0.15, -0.1) is 15.9 Å². The second kappa shape index (κ2) is 4.85. The predicted molar refractivity (Wildman–Crippen MR) is 89.3 cm³/mol. The average molecular weight is 330 g/mol. The Morgan fingerprint density at radius 3 is 2.91 bits per heavy atom. The maximum Gasteiger partial charge on any atom is 0.360 e. The zero-order valence-corrected chi connectivity index (χ0v) is 13.5. The van der Waals surface area contributed by atoms with Crippen LogP contribution in [0.3, 0.4) is 0 Å². The Kier molecular flexibility index (Phi) is 2.95. The summed E-state index contributed by atoms with van der Waals surface area (Å²) in [5.74, 6) is 0. The summed E-state index contributed by atoms with van der Waals surface area (Å²) >= 11 is 2.85. The molecule has 110 valence electrons. The number of aromatic nitrogens is 4. The summed E-state index contributed by atoms with van der Waals surface area (Å²) in [6.45, 7) is 0. The molecule has 0 aliphatic heterocycles. The van der Waals surface area contributed by atoms with Crippen molar-refractivity contribution in [3.8, 4) is 5.13 Å². The minimum atomic E-state index is -0.0728. The molecule has 4 aromatic rings. The van der Waals surface area contributed by atoms with E-state index in [1.165, 1.54) is 27.2 Å². The van der Waals surface area contributed by atoms with E-state index < -0.39 is 0 Å². The van der Waals surface area contributed by atoms with E-state index >= 15 is 0 Å². The summed E-state index contributed by atoms with van der Waals surface area (Å²) in [4.78, 5) is 27.6. The highest BCUT2D eigenvalue weighted by molar-refractivity contribution is 7.25. The highest BCUT2D eigenvalue weighted by atomic mass is 32.1. The minimum absolute atomic E-state index is 0.0728. The number of rotatable bonds is 2. The number of nitrogens with zero attached hydrogens (tertiary/aromatic N) is 4. The first kappa shape index (κ1) is 13.4. The van der Waals surface area contributed by atoms with Gasteiger partial charge in [0.05, 0.1) is 17.3 Å². The Morgan fingerprint density at radius 1 is 1.32 bits per heavy atom. The van der Waals surface area contributed by atoms with Gasteiger partial charge in [-0.2, -0.15) is 0 Å². The van der Waals surface area contributed by atoms with Crippen molar-refractivity contribution in [2.24, 2.45) is 0 Å². The van der Waals surface area contributed by atoms with Gasteiger partial charge >= 0.3 is 10.7 Å². The van der Waals surface area contributed by atoms with E-state index in [0.717, 1.165) is 26.6 Å². The maximum absolute atomic E-state index is 12.8. The van der Waals surface area contributed by atoms with Crippen LogP contribution in [0.25, 0.3) is 25.6 Å². The molecule has 0 saturated heterocycles. The van der Waals surface area contributed by atoms with Gasteiger partial charge < -0.3 is 4.90 Å². The number of fused-ring (bicyclic) bond motifs is 3. The molecule has 0 bridgehead atoms. The van der Waals surface area contributed by atoms with Crippen LogP contribution in [0.1, 0.15) is 0 Å². The highest BCUT2D eigenvalue weighted by Gasteiger charge is 2.20. The number of thiophene rings is 1. The maximum atomic E-state index is 12.8. The van der Waals surface area contributed by atoms with Crippen LogP contribution in [0.4, 0.5) is 5.69 Å². The molecule has 4 rings (SSSR count). The molecular formula is C14H12N5OS2+. The summed E-state index contributed by atoms with van der Waals surface area (Å²) in [7, 11) is 3.94. The quantitative estimate of drug-likeness (QED) is 0.563. The predicted octanol–water partition coefficient (Wildman–Crippen LogP) is 1.94. The van der Waals surface area contributed by atoms with Gasteiger partial charge in [0, 0.05) is 25.7 Å². The van der Waals surface area contributed by atoms with Crippen molar-refractivity contribution >= 4 is 48.8 Å². The lowest BCUT2D eigenvalue weighted by Crippen LogP contribution is -2.22. The van der Waals surface area contributed by atoms with E-state index in [2.05, 4.69) is 15.0 Å². The third-order valence-electron chi connectivity index (χ3n) is 3.42. The summed E-state index contributed by atoms with van der Waals surface area (Å²) in [6, 6.07) is 1.94. The van der Waals surface area contributed by atoms with Crippen molar-refractivity contribution in [1.29, 1.82) is 0 Å². The summed E-state index contributed by atoms with van der Waals surface area (Å²) in [5.41, 5.74) is 1.66. The fraction of sp³-hybridized carbons (Fsp3) is 0.143. The summed E-state index contributed by atoms with van der Waals surface area (Å²) in [6.07, 6.45) is 5.14. The molecule has 1 N–H and O–H groups in total. The number of nitrogens with one attached hydrogen (secondary N) is 1. The third-order valence-corrected chi connectivity index (χ3v) is 5.30. The van der Waals surface area contributed by atoms with Crippen LogP contribution in [-0.2, 0) is 0 Å². The summed E-state index contributed by atoms with van der Waals surface area (Å²) in [5, 5.41) is 3.58. The SMILES string of the molecule is CN(C)c1ccnc2sc3c(=O)n(-c4[nH+]ccs4)cnc3c12. The average Bonchev–Trinajstić information content (AvgIpc) is 3.14. The molecule has 0 aliphatic rings. The number of H-pyrrole nitrogens is 1. The zero-order valence-electron chi connectivity index (χ0n) is 11.9. The number of anilines is 1. The van der Waals surface area contributed by atoms with E-state index in [0.29, 0.717) is 4.70 Å². The first-order valence-corrected chi connectivity index (χ1v) is 8.28. The van der Waals surface area contributed by atoms with Gasteiger partial charge in [0.1, 0.15) is 15.0 Å². The minimum Gasteiger partial charge on any atom is -0.377 e. The number of aromatic amines is 1. The van der Waals surface area contributed by atoms with Crippen molar-refractivity contribution in [2.45, 2.75) is 0 Å². The molecule has 0 saturated carbocycles. The number of hydrogen-bond acceptors (Lipinski definition) is 6. The first-order chi connectivity index (χ1) is 10.7. The van der Waals surface area contributed by atoms with E-state index in [9.17, 15) is 4.79 Å². The number of thiazole rings is 1. The Labute approximate surface area is 133 Å². The molecule has 0 aliphatic carbocycles. The lowest BCUT2D eigenvalue weighted by atomic mass is 10.2. The fourth-order valence-corrected chi connectivity index (χ4v) is 4.11. The Morgan fingerprint density at radius 2 is 2.18 bits per heavy atom. The Hall–Kier alpha value is -2.32. The molecule has 22 heavy (non-hydrogen) atoms. The smallest absolute Gasteiger partial charge is 0.360 e. The van der Waals surface area contributed by atoms with Gasteiger partial charge in [-0.25, -0.2) is 19.7 Å². The van der Waals surface area contributed by atoms with Gasteiger partial charge in [0.15, 0.2) is 6.33 Å². The van der Waals surface area contributed by atoms with Gasteiger partial charge in [-0.1, -0.05) is 11.3 Å². The molecule has 0 spiro atoms.